The quantitative estimate of drug-likeness (QED) is 0.521. The van der Waals surface area contributed by atoms with Gasteiger partial charge in [0, 0.05) is 87.9 Å². The predicted molar refractivity (Wildman–Crippen MR) is 120 cm³/mol. The minimum atomic E-state index is -4.56. The molecule has 2 aliphatic rings. The maximum absolute atomic E-state index is 13.7. The Kier molecular flexibility index (Phi) is 6.17. The van der Waals surface area contributed by atoms with Gasteiger partial charge in [0.2, 0.25) is 5.95 Å². The molecule has 2 fully saturated rings. The number of rotatable bonds is 6. The van der Waals surface area contributed by atoms with Gasteiger partial charge < -0.3 is 15.6 Å². The largest absolute Gasteiger partial charge is 0.419 e. The molecule has 0 saturated carbocycles. The van der Waals surface area contributed by atoms with Gasteiger partial charge in [-0.3, -0.25) is 9.80 Å². The molecule has 1 atom stereocenters. The van der Waals surface area contributed by atoms with E-state index in [-0.39, 0.29) is 17.7 Å². The molecule has 0 spiro atoms. The number of likely N-dealkylation sites (tertiary alicyclic amines) is 1. The molecular formula is C22H27F3N8. The monoisotopic (exact) mass is 460 g/mol. The van der Waals surface area contributed by atoms with Gasteiger partial charge in [-0.05, 0) is 18.6 Å². The Morgan fingerprint density at radius 2 is 1.91 bits per heavy atom. The molecule has 2 saturated heterocycles. The lowest BCUT2D eigenvalue weighted by molar-refractivity contribution is -0.137. The fourth-order valence-electron chi connectivity index (χ4n) is 4.57. The van der Waals surface area contributed by atoms with E-state index in [0.717, 1.165) is 65.0 Å². The van der Waals surface area contributed by atoms with Crippen LogP contribution in [0.15, 0.2) is 30.7 Å². The number of aromatic nitrogens is 4. The summed E-state index contributed by atoms with van der Waals surface area (Å²) in [5.74, 6) is 0.213. The Balaban J connectivity index is 1.31. The second-order valence-electron chi connectivity index (χ2n) is 8.58. The number of halogens is 3. The first-order chi connectivity index (χ1) is 16.0. The van der Waals surface area contributed by atoms with E-state index in [1.165, 1.54) is 6.20 Å². The van der Waals surface area contributed by atoms with Gasteiger partial charge in [-0.2, -0.15) is 13.2 Å². The van der Waals surface area contributed by atoms with Crippen molar-refractivity contribution in [2.24, 2.45) is 0 Å². The van der Waals surface area contributed by atoms with Crippen LogP contribution in [0.2, 0.25) is 0 Å². The van der Waals surface area contributed by atoms with E-state index >= 15 is 0 Å². The molecule has 0 amide bonds. The Morgan fingerprint density at radius 1 is 1.09 bits per heavy atom. The highest BCUT2D eigenvalue weighted by Crippen LogP contribution is 2.38. The molecule has 3 N–H and O–H groups in total. The van der Waals surface area contributed by atoms with Gasteiger partial charge in [-0.1, -0.05) is 0 Å². The lowest BCUT2D eigenvalue weighted by Gasteiger charge is -2.29. The zero-order valence-electron chi connectivity index (χ0n) is 18.2. The van der Waals surface area contributed by atoms with E-state index in [2.05, 4.69) is 40.4 Å². The number of alkyl halides is 3. The number of nitrogens with zero attached hydrogens (tertiary/aromatic N) is 5. The third-order valence-electron chi connectivity index (χ3n) is 6.35. The van der Waals surface area contributed by atoms with Crippen LogP contribution < -0.4 is 10.6 Å². The van der Waals surface area contributed by atoms with Gasteiger partial charge in [0.25, 0.3) is 0 Å². The van der Waals surface area contributed by atoms with Crippen LogP contribution in [-0.4, -0.2) is 88.1 Å². The SMILES string of the molecule is FC(F)(F)c1cnc(NC2CCN(CCN3CCNCC3)C2)nc1-c1c[nH]c2ncccc12. The average Bonchev–Trinajstić information content (AvgIpc) is 3.44. The number of pyridine rings is 1. The Bertz CT molecular complexity index is 1090. The Hall–Kier alpha value is -2.76. The van der Waals surface area contributed by atoms with E-state index in [0.29, 0.717) is 16.6 Å². The molecular weight excluding hydrogens is 433 g/mol. The number of hydrogen-bond acceptors (Lipinski definition) is 7. The predicted octanol–water partition coefficient (Wildman–Crippen LogP) is 2.43. The molecule has 0 aromatic carbocycles. The average molecular weight is 461 g/mol. The maximum atomic E-state index is 13.7. The van der Waals surface area contributed by atoms with Crippen LogP contribution in [0.1, 0.15) is 12.0 Å². The summed E-state index contributed by atoms with van der Waals surface area (Å²) in [4.78, 5) is 20.3. The molecule has 8 nitrogen and oxygen atoms in total. The second kappa shape index (κ2) is 9.24. The highest BCUT2D eigenvalue weighted by Gasteiger charge is 2.36. The van der Waals surface area contributed by atoms with Crippen molar-refractivity contribution in [2.75, 3.05) is 57.7 Å². The third-order valence-corrected chi connectivity index (χ3v) is 6.35. The molecule has 33 heavy (non-hydrogen) atoms. The number of aromatic amines is 1. The first kappa shape index (κ1) is 22.1. The number of H-pyrrole nitrogens is 1. The van der Waals surface area contributed by atoms with Gasteiger partial charge in [-0.15, -0.1) is 0 Å². The molecule has 3 aromatic rings. The van der Waals surface area contributed by atoms with Crippen LogP contribution in [0, 0.1) is 0 Å². The fraction of sp³-hybridized carbons (Fsp3) is 0.500. The third kappa shape index (κ3) is 4.94. The van der Waals surface area contributed by atoms with Crippen LogP contribution in [0.3, 0.4) is 0 Å². The molecule has 5 heterocycles. The molecule has 11 heteroatoms. The molecule has 3 aromatic heterocycles. The second-order valence-corrected chi connectivity index (χ2v) is 8.58. The molecule has 176 valence electrons. The fourth-order valence-corrected chi connectivity index (χ4v) is 4.57. The summed E-state index contributed by atoms with van der Waals surface area (Å²) in [5, 5.41) is 7.21. The minimum absolute atomic E-state index is 0.0993. The van der Waals surface area contributed by atoms with Crippen LogP contribution in [-0.2, 0) is 6.18 Å². The van der Waals surface area contributed by atoms with E-state index in [9.17, 15) is 13.2 Å². The van der Waals surface area contributed by atoms with Crippen molar-refractivity contribution in [2.45, 2.75) is 18.6 Å². The van der Waals surface area contributed by atoms with E-state index in [4.69, 9.17) is 0 Å². The van der Waals surface area contributed by atoms with Crippen molar-refractivity contribution < 1.29 is 13.2 Å². The number of fused-ring (bicyclic) bond motifs is 1. The summed E-state index contributed by atoms with van der Waals surface area (Å²) in [6.45, 7) is 7.99. The summed E-state index contributed by atoms with van der Waals surface area (Å²) in [6, 6.07) is 3.53. The van der Waals surface area contributed by atoms with Crippen molar-refractivity contribution in [3.05, 3.63) is 36.3 Å². The van der Waals surface area contributed by atoms with Crippen molar-refractivity contribution in [3.8, 4) is 11.3 Å². The van der Waals surface area contributed by atoms with Crippen LogP contribution in [0.5, 0.6) is 0 Å². The number of nitrogens with one attached hydrogen (secondary N) is 3. The summed E-state index contributed by atoms with van der Waals surface area (Å²) in [7, 11) is 0. The topological polar surface area (TPSA) is 85.0 Å². The number of hydrogen-bond donors (Lipinski definition) is 3. The van der Waals surface area contributed by atoms with Crippen molar-refractivity contribution >= 4 is 17.0 Å². The van der Waals surface area contributed by atoms with Crippen LogP contribution in [0.25, 0.3) is 22.3 Å². The van der Waals surface area contributed by atoms with Gasteiger partial charge >= 0.3 is 6.18 Å². The molecule has 2 aliphatic heterocycles. The maximum Gasteiger partial charge on any atom is 0.419 e. The van der Waals surface area contributed by atoms with Gasteiger partial charge in [-0.25, -0.2) is 15.0 Å². The van der Waals surface area contributed by atoms with E-state index < -0.39 is 11.7 Å². The van der Waals surface area contributed by atoms with Crippen molar-refractivity contribution in [3.63, 3.8) is 0 Å². The zero-order chi connectivity index (χ0) is 22.8. The number of anilines is 1. The molecule has 0 aliphatic carbocycles. The van der Waals surface area contributed by atoms with Crippen LogP contribution >= 0.6 is 0 Å². The van der Waals surface area contributed by atoms with Crippen molar-refractivity contribution in [1.82, 2.24) is 35.1 Å². The smallest absolute Gasteiger partial charge is 0.350 e. The van der Waals surface area contributed by atoms with E-state index in [1.54, 1.807) is 18.3 Å². The van der Waals surface area contributed by atoms with Crippen molar-refractivity contribution in [1.29, 1.82) is 0 Å². The van der Waals surface area contributed by atoms with Gasteiger partial charge in [0.1, 0.15) is 11.2 Å². The molecule has 5 rings (SSSR count). The first-order valence-corrected chi connectivity index (χ1v) is 11.3. The molecule has 0 bridgehead atoms. The Labute approximate surface area is 189 Å². The Morgan fingerprint density at radius 3 is 2.73 bits per heavy atom. The van der Waals surface area contributed by atoms with Gasteiger partial charge in [0.05, 0.1) is 5.69 Å². The summed E-state index contributed by atoms with van der Waals surface area (Å²) < 4.78 is 41.2. The zero-order valence-corrected chi connectivity index (χ0v) is 18.2. The summed E-state index contributed by atoms with van der Waals surface area (Å²) >= 11 is 0. The first-order valence-electron chi connectivity index (χ1n) is 11.3. The highest BCUT2D eigenvalue weighted by atomic mass is 19.4. The summed E-state index contributed by atoms with van der Waals surface area (Å²) in [5.41, 5.74) is -0.126. The highest BCUT2D eigenvalue weighted by molar-refractivity contribution is 5.93. The lowest BCUT2D eigenvalue weighted by Crippen LogP contribution is -2.46. The lowest BCUT2D eigenvalue weighted by atomic mass is 10.1. The van der Waals surface area contributed by atoms with Crippen LogP contribution in [0.4, 0.5) is 19.1 Å². The minimum Gasteiger partial charge on any atom is -0.350 e. The number of piperazine rings is 1. The van der Waals surface area contributed by atoms with Gasteiger partial charge in [0.15, 0.2) is 0 Å². The normalized spacial score (nSPS) is 20.5. The standard InChI is InChI=1S/C22H27F3N8/c23-22(24,25)18-13-29-21(31-19(18)17-12-28-20-16(17)2-1-4-27-20)30-15-3-7-33(14-15)11-10-32-8-5-26-6-9-32/h1-2,4,12-13,15,26H,3,5-11,14H2,(H,27,28)(H,29,30,31). The molecule has 1 unspecified atom stereocenters. The molecule has 0 radical (unpaired) electrons. The summed E-state index contributed by atoms with van der Waals surface area (Å²) in [6.07, 6.45) is 0.323. The van der Waals surface area contributed by atoms with E-state index in [1.807, 2.05) is 0 Å².